The molecule has 2 aromatic rings. The smallest absolute Gasteiger partial charge is 0.255 e. The van der Waals surface area contributed by atoms with Crippen molar-refractivity contribution in [2.24, 2.45) is 0 Å². The quantitative estimate of drug-likeness (QED) is 0.823. The van der Waals surface area contributed by atoms with E-state index in [4.69, 9.17) is 10.5 Å². The molecule has 1 aliphatic rings. The molecule has 1 aliphatic heterocycles. The maximum Gasteiger partial charge on any atom is 0.255 e. The molecule has 3 N–H and O–H groups in total. The van der Waals surface area contributed by atoms with Crippen LogP contribution >= 0.6 is 0 Å². The van der Waals surface area contributed by atoms with E-state index in [1.807, 2.05) is 37.3 Å². The van der Waals surface area contributed by atoms with Crippen molar-refractivity contribution in [1.29, 1.82) is 0 Å². The van der Waals surface area contributed by atoms with E-state index >= 15 is 0 Å². The van der Waals surface area contributed by atoms with Gasteiger partial charge in [-0.1, -0.05) is 12.1 Å². The lowest BCUT2D eigenvalue weighted by atomic mass is 10.1. The molecule has 0 saturated carbocycles. The van der Waals surface area contributed by atoms with Crippen molar-refractivity contribution < 1.29 is 9.53 Å². The Kier molecular flexibility index (Phi) is 3.16. The summed E-state index contributed by atoms with van der Waals surface area (Å²) in [6.07, 6.45) is 0. The number of nitrogens with two attached hydrogens (primary N) is 1. The first-order valence-electron chi connectivity index (χ1n) is 6.50. The normalized spacial score (nSPS) is 13.1. The third-order valence-electron chi connectivity index (χ3n) is 3.44. The third kappa shape index (κ3) is 2.38. The summed E-state index contributed by atoms with van der Waals surface area (Å²) in [5, 5.41) is 2.85. The van der Waals surface area contributed by atoms with Crippen molar-refractivity contribution in [2.75, 3.05) is 11.1 Å². The van der Waals surface area contributed by atoms with Gasteiger partial charge in [-0.15, -0.1) is 0 Å². The number of anilines is 2. The van der Waals surface area contributed by atoms with Crippen LogP contribution in [0, 0.1) is 6.92 Å². The summed E-state index contributed by atoms with van der Waals surface area (Å²) in [6, 6.07) is 11.2. The summed E-state index contributed by atoms with van der Waals surface area (Å²) in [6.45, 7) is 3.16. The second-order valence-corrected chi connectivity index (χ2v) is 5.02. The van der Waals surface area contributed by atoms with Crippen LogP contribution in [0.15, 0.2) is 36.4 Å². The molecule has 1 heterocycles. The Bertz CT molecular complexity index is 680. The molecule has 102 valence electrons. The van der Waals surface area contributed by atoms with Gasteiger partial charge in [0.15, 0.2) is 0 Å². The molecule has 0 atom stereocenters. The van der Waals surface area contributed by atoms with Gasteiger partial charge in [-0.3, -0.25) is 4.79 Å². The van der Waals surface area contributed by atoms with E-state index in [0.29, 0.717) is 30.2 Å². The van der Waals surface area contributed by atoms with Crippen LogP contribution in [0.25, 0.3) is 0 Å². The molecule has 0 unspecified atom stereocenters. The largest absolute Gasteiger partial charge is 0.397 e. The van der Waals surface area contributed by atoms with Gasteiger partial charge in [-0.2, -0.15) is 0 Å². The zero-order valence-corrected chi connectivity index (χ0v) is 11.3. The van der Waals surface area contributed by atoms with Gasteiger partial charge in [-0.05, 0) is 47.9 Å². The first kappa shape index (κ1) is 12.7. The highest BCUT2D eigenvalue weighted by atomic mass is 16.5. The number of carbonyl (C=O) groups excluding carboxylic acids is 1. The summed E-state index contributed by atoms with van der Waals surface area (Å²) in [4.78, 5) is 12.3. The highest BCUT2D eigenvalue weighted by molar-refractivity contribution is 6.05. The number of benzene rings is 2. The van der Waals surface area contributed by atoms with Gasteiger partial charge in [0, 0.05) is 5.56 Å². The SMILES string of the molecule is Cc1ccc(N)c(NC(=O)c2ccc3c(c2)COC3)c1. The molecular weight excluding hydrogens is 252 g/mol. The van der Waals surface area contributed by atoms with Crippen molar-refractivity contribution >= 4 is 17.3 Å². The number of ether oxygens (including phenoxy) is 1. The number of amides is 1. The fraction of sp³-hybridized carbons (Fsp3) is 0.188. The Hall–Kier alpha value is -2.33. The van der Waals surface area contributed by atoms with Crippen LogP contribution < -0.4 is 11.1 Å². The molecule has 2 aromatic carbocycles. The average Bonchev–Trinajstić information content (AvgIpc) is 2.90. The lowest BCUT2D eigenvalue weighted by Gasteiger charge is -2.09. The Morgan fingerprint density at radius 3 is 2.80 bits per heavy atom. The Morgan fingerprint density at radius 1 is 1.15 bits per heavy atom. The predicted molar refractivity (Wildman–Crippen MR) is 78.5 cm³/mol. The second-order valence-electron chi connectivity index (χ2n) is 5.02. The fourth-order valence-electron chi connectivity index (χ4n) is 2.29. The van der Waals surface area contributed by atoms with E-state index in [-0.39, 0.29) is 5.91 Å². The van der Waals surface area contributed by atoms with Crippen LogP contribution in [0.3, 0.4) is 0 Å². The molecule has 20 heavy (non-hydrogen) atoms. The van der Waals surface area contributed by atoms with Gasteiger partial charge in [-0.25, -0.2) is 0 Å². The molecule has 4 heteroatoms. The summed E-state index contributed by atoms with van der Waals surface area (Å²) in [5.74, 6) is -0.156. The number of rotatable bonds is 2. The second kappa shape index (κ2) is 4.98. The molecule has 0 spiro atoms. The molecule has 4 nitrogen and oxygen atoms in total. The first-order valence-corrected chi connectivity index (χ1v) is 6.50. The number of hydrogen-bond acceptors (Lipinski definition) is 3. The number of nitrogen functional groups attached to an aromatic ring is 1. The Balaban J connectivity index is 1.84. The zero-order chi connectivity index (χ0) is 14.1. The van der Waals surface area contributed by atoms with Gasteiger partial charge in [0.1, 0.15) is 0 Å². The number of aryl methyl sites for hydroxylation is 1. The maximum atomic E-state index is 12.3. The predicted octanol–water partition coefficient (Wildman–Crippen LogP) is 2.86. The van der Waals surface area contributed by atoms with Crippen molar-refractivity contribution in [3.05, 3.63) is 58.7 Å². The van der Waals surface area contributed by atoms with Gasteiger partial charge < -0.3 is 15.8 Å². The summed E-state index contributed by atoms with van der Waals surface area (Å²) in [5.41, 5.74) is 11.0. The van der Waals surface area contributed by atoms with E-state index in [1.54, 1.807) is 6.07 Å². The number of fused-ring (bicyclic) bond motifs is 1. The fourth-order valence-corrected chi connectivity index (χ4v) is 2.29. The first-order chi connectivity index (χ1) is 9.63. The minimum atomic E-state index is -0.156. The molecule has 0 saturated heterocycles. The summed E-state index contributed by atoms with van der Waals surface area (Å²) in [7, 11) is 0. The molecule has 0 bridgehead atoms. The van der Waals surface area contributed by atoms with E-state index in [1.165, 1.54) is 0 Å². The van der Waals surface area contributed by atoms with Crippen molar-refractivity contribution in [2.45, 2.75) is 20.1 Å². The molecule has 0 radical (unpaired) electrons. The molecule has 1 amide bonds. The van der Waals surface area contributed by atoms with Gasteiger partial charge in [0.05, 0.1) is 24.6 Å². The lowest BCUT2D eigenvalue weighted by Crippen LogP contribution is -2.13. The maximum absolute atomic E-state index is 12.3. The molecule has 3 rings (SSSR count). The van der Waals surface area contributed by atoms with Crippen LogP contribution in [0.4, 0.5) is 11.4 Å². The molecular formula is C16H16N2O2. The lowest BCUT2D eigenvalue weighted by molar-refractivity contribution is 0.102. The minimum absolute atomic E-state index is 0.156. The van der Waals surface area contributed by atoms with Crippen LogP contribution in [-0.2, 0) is 18.0 Å². The van der Waals surface area contributed by atoms with Crippen molar-refractivity contribution in [3.8, 4) is 0 Å². The Morgan fingerprint density at radius 2 is 1.95 bits per heavy atom. The standard InChI is InChI=1S/C16H16N2O2/c1-10-2-5-14(17)15(6-10)18-16(19)11-3-4-12-8-20-9-13(12)7-11/h2-7H,8-9,17H2,1H3,(H,18,19). The zero-order valence-electron chi connectivity index (χ0n) is 11.3. The van der Waals surface area contributed by atoms with E-state index in [9.17, 15) is 4.79 Å². The Labute approximate surface area is 117 Å². The highest BCUT2D eigenvalue weighted by Gasteiger charge is 2.15. The van der Waals surface area contributed by atoms with Gasteiger partial charge >= 0.3 is 0 Å². The van der Waals surface area contributed by atoms with Crippen molar-refractivity contribution in [3.63, 3.8) is 0 Å². The van der Waals surface area contributed by atoms with Crippen LogP contribution in [0.5, 0.6) is 0 Å². The summed E-state index contributed by atoms with van der Waals surface area (Å²) >= 11 is 0. The van der Waals surface area contributed by atoms with Crippen molar-refractivity contribution in [1.82, 2.24) is 0 Å². The number of hydrogen-bond donors (Lipinski definition) is 2. The number of carbonyl (C=O) groups is 1. The van der Waals surface area contributed by atoms with Gasteiger partial charge in [0.2, 0.25) is 0 Å². The topological polar surface area (TPSA) is 64.3 Å². The van der Waals surface area contributed by atoms with E-state index in [2.05, 4.69) is 5.32 Å². The van der Waals surface area contributed by atoms with Crippen LogP contribution in [0.1, 0.15) is 27.0 Å². The molecule has 0 aromatic heterocycles. The highest BCUT2D eigenvalue weighted by Crippen LogP contribution is 2.23. The van der Waals surface area contributed by atoms with E-state index in [0.717, 1.165) is 16.7 Å². The number of nitrogens with one attached hydrogen (secondary N) is 1. The van der Waals surface area contributed by atoms with Crippen LogP contribution in [-0.4, -0.2) is 5.91 Å². The monoisotopic (exact) mass is 268 g/mol. The van der Waals surface area contributed by atoms with E-state index < -0.39 is 0 Å². The summed E-state index contributed by atoms with van der Waals surface area (Å²) < 4.78 is 5.35. The molecule has 0 fully saturated rings. The van der Waals surface area contributed by atoms with Gasteiger partial charge in [0.25, 0.3) is 5.91 Å². The average molecular weight is 268 g/mol. The molecule has 0 aliphatic carbocycles. The minimum Gasteiger partial charge on any atom is -0.397 e. The third-order valence-corrected chi connectivity index (χ3v) is 3.44. The van der Waals surface area contributed by atoms with Crippen LogP contribution in [0.2, 0.25) is 0 Å².